The number of nitrogens with two attached hydrogens (primary N) is 1. The fourth-order valence-electron chi connectivity index (χ4n) is 1.66. The third-order valence-corrected chi connectivity index (χ3v) is 2.93. The molecule has 0 atom stereocenters. The number of nitrogens with one attached hydrogen (secondary N) is 1. The third kappa shape index (κ3) is 3.24. The molecule has 0 unspecified atom stereocenters. The molecular formula is C14H13ClN2O2. The molecule has 0 heterocycles. The fourth-order valence-corrected chi connectivity index (χ4v) is 1.85. The summed E-state index contributed by atoms with van der Waals surface area (Å²) in [5.41, 5.74) is 3.34. The molecule has 0 spiro atoms. The minimum absolute atomic E-state index is 0.243. The summed E-state index contributed by atoms with van der Waals surface area (Å²) in [6, 6.07) is 14.3. The van der Waals surface area contributed by atoms with Crippen LogP contribution in [0.25, 0.3) is 0 Å². The monoisotopic (exact) mass is 276 g/mol. The van der Waals surface area contributed by atoms with Crippen LogP contribution in [0.2, 0.25) is 5.02 Å². The number of para-hydroxylation sites is 1. The highest BCUT2D eigenvalue weighted by atomic mass is 35.5. The number of benzene rings is 2. The van der Waals surface area contributed by atoms with Crippen LogP contribution in [0, 0.1) is 0 Å². The van der Waals surface area contributed by atoms with Gasteiger partial charge in [0.1, 0.15) is 12.4 Å². The highest BCUT2D eigenvalue weighted by Crippen LogP contribution is 2.24. The Bertz CT molecular complexity index is 587. The summed E-state index contributed by atoms with van der Waals surface area (Å²) in [6.45, 7) is 0.243. The van der Waals surface area contributed by atoms with Gasteiger partial charge in [0.05, 0.1) is 5.02 Å². The number of halogens is 1. The van der Waals surface area contributed by atoms with Gasteiger partial charge in [-0.1, -0.05) is 41.9 Å². The normalized spacial score (nSPS) is 10.0. The minimum Gasteiger partial charge on any atom is -0.487 e. The second-order valence-electron chi connectivity index (χ2n) is 3.85. The second kappa shape index (κ2) is 6.22. The standard InChI is InChI=1S/C14H13ClN2O2/c15-12-7-3-4-8-13(12)19-9-10-5-1-2-6-11(10)14(18)17-16/h1-8H,9,16H2,(H,17,18). The van der Waals surface area contributed by atoms with Gasteiger partial charge in [-0.2, -0.15) is 0 Å². The van der Waals surface area contributed by atoms with Crippen molar-refractivity contribution < 1.29 is 9.53 Å². The molecule has 0 bridgehead atoms. The van der Waals surface area contributed by atoms with Gasteiger partial charge in [0.15, 0.2) is 0 Å². The molecule has 1 amide bonds. The topological polar surface area (TPSA) is 64.3 Å². The van der Waals surface area contributed by atoms with Gasteiger partial charge >= 0.3 is 0 Å². The Labute approximate surface area is 116 Å². The van der Waals surface area contributed by atoms with Crippen LogP contribution in [-0.2, 0) is 6.61 Å². The van der Waals surface area contributed by atoms with Crippen molar-refractivity contribution >= 4 is 17.5 Å². The van der Waals surface area contributed by atoms with Crippen molar-refractivity contribution in [2.24, 2.45) is 5.84 Å². The number of carbonyl (C=O) groups is 1. The number of hydrogen-bond donors (Lipinski definition) is 2. The number of carbonyl (C=O) groups excluding carboxylic acids is 1. The van der Waals surface area contributed by atoms with Crippen LogP contribution < -0.4 is 16.0 Å². The molecule has 0 aliphatic rings. The number of amides is 1. The maximum Gasteiger partial charge on any atom is 0.265 e. The maximum atomic E-state index is 11.6. The van der Waals surface area contributed by atoms with E-state index in [2.05, 4.69) is 5.43 Å². The molecule has 0 saturated heterocycles. The van der Waals surface area contributed by atoms with Crippen molar-refractivity contribution in [1.82, 2.24) is 5.43 Å². The van der Waals surface area contributed by atoms with Crippen molar-refractivity contribution in [2.75, 3.05) is 0 Å². The van der Waals surface area contributed by atoms with Crippen molar-refractivity contribution in [3.8, 4) is 5.75 Å². The van der Waals surface area contributed by atoms with Gasteiger partial charge in [-0.15, -0.1) is 0 Å². The number of hydrogen-bond acceptors (Lipinski definition) is 3. The predicted molar refractivity (Wildman–Crippen MR) is 73.9 cm³/mol. The number of rotatable bonds is 4. The molecule has 0 saturated carbocycles. The van der Waals surface area contributed by atoms with Gasteiger partial charge in [-0.25, -0.2) is 5.84 Å². The van der Waals surface area contributed by atoms with Gasteiger partial charge in [-0.3, -0.25) is 10.2 Å². The molecule has 0 radical (unpaired) electrons. The first-order chi connectivity index (χ1) is 9.22. The largest absolute Gasteiger partial charge is 0.487 e. The van der Waals surface area contributed by atoms with Gasteiger partial charge in [0.25, 0.3) is 5.91 Å². The van der Waals surface area contributed by atoms with E-state index in [4.69, 9.17) is 22.2 Å². The minimum atomic E-state index is -0.349. The molecule has 98 valence electrons. The fraction of sp³-hybridized carbons (Fsp3) is 0.0714. The molecule has 5 heteroatoms. The van der Waals surface area contributed by atoms with Gasteiger partial charge < -0.3 is 4.74 Å². The predicted octanol–water partition coefficient (Wildman–Crippen LogP) is 2.52. The quantitative estimate of drug-likeness (QED) is 0.512. The zero-order valence-electron chi connectivity index (χ0n) is 10.1. The Balaban J connectivity index is 2.16. The first-order valence-corrected chi connectivity index (χ1v) is 6.06. The van der Waals surface area contributed by atoms with E-state index in [0.29, 0.717) is 16.3 Å². The molecule has 2 aromatic carbocycles. The molecular weight excluding hydrogens is 264 g/mol. The number of hydrazine groups is 1. The van der Waals surface area contributed by atoms with Gasteiger partial charge in [-0.05, 0) is 18.2 Å². The van der Waals surface area contributed by atoms with Crippen LogP contribution in [-0.4, -0.2) is 5.91 Å². The van der Waals surface area contributed by atoms with Gasteiger partial charge in [0.2, 0.25) is 0 Å². The Morgan fingerprint density at radius 3 is 2.58 bits per heavy atom. The van der Waals surface area contributed by atoms with Crippen molar-refractivity contribution in [1.29, 1.82) is 0 Å². The zero-order chi connectivity index (χ0) is 13.7. The smallest absolute Gasteiger partial charge is 0.265 e. The maximum absolute atomic E-state index is 11.6. The van der Waals surface area contributed by atoms with Crippen LogP contribution in [0.15, 0.2) is 48.5 Å². The second-order valence-corrected chi connectivity index (χ2v) is 4.26. The highest BCUT2D eigenvalue weighted by Gasteiger charge is 2.10. The van der Waals surface area contributed by atoms with E-state index in [-0.39, 0.29) is 12.5 Å². The Kier molecular flexibility index (Phi) is 4.39. The lowest BCUT2D eigenvalue weighted by Gasteiger charge is -2.11. The first-order valence-electron chi connectivity index (χ1n) is 5.68. The van der Waals surface area contributed by atoms with E-state index < -0.39 is 0 Å². The summed E-state index contributed by atoms with van der Waals surface area (Å²) in [5.74, 6) is 5.37. The van der Waals surface area contributed by atoms with Crippen LogP contribution in [0.5, 0.6) is 5.75 Å². The van der Waals surface area contributed by atoms with E-state index >= 15 is 0 Å². The van der Waals surface area contributed by atoms with Crippen LogP contribution in [0.3, 0.4) is 0 Å². The highest BCUT2D eigenvalue weighted by molar-refractivity contribution is 6.32. The number of ether oxygens (including phenoxy) is 1. The van der Waals surface area contributed by atoms with E-state index in [1.54, 1.807) is 30.3 Å². The van der Waals surface area contributed by atoms with E-state index in [9.17, 15) is 4.79 Å². The average molecular weight is 277 g/mol. The Hall–Kier alpha value is -2.04. The van der Waals surface area contributed by atoms with Crippen molar-refractivity contribution in [3.05, 3.63) is 64.7 Å². The van der Waals surface area contributed by atoms with E-state index in [1.807, 2.05) is 18.2 Å². The summed E-state index contributed by atoms with van der Waals surface area (Å²) in [4.78, 5) is 11.6. The van der Waals surface area contributed by atoms with Crippen LogP contribution in [0.1, 0.15) is 15.9 Å². The lowest BCUT2D eigenvalue weighted by molar-refractivity contribution is 0.0951. The van der Waals surface area contributed by atoms with Crippen LogP contribution >= 0.6 is 11.6 Å². The van der Waals surface area contributed by atoms with Gasteiger partial charge in [0, 0.05) is 11.1 Å². The third-order valence-electron chi connectivity index (χ3n) is 2.61. The Morgan fingerprint density at radius 2 is 1.84 bits per heavy atom. The Morgan fingerprint density at radius 1 is 1.16 bits per heavy atom. The molecule has 2 aromatic rings. The molecule has 0 fully saturated rings. The average Bonchev–Trinajstić information content (AvgIpc) is 2.46. The van der Waals surface area contributed by atoms with Crippen LogP contribution in [0.4, 0.5) is 0 Å². The summed E-state index contributed by atoms with van der Waals surface area (Å²) in [7, 11) is 0. The van der Waals surface area contributed by atoms with E-state index in [1.165, 1.54) is 0 Å². The summed E-state index contributed by atoms with van der Waals surface area (Å²) < 4.78 is 5.61. The SMILES string of the molecule is NNC(=O)c1ccccc1COc1ccccc1Cl. The molecule has 0 aliphatic carbocycles. The molecule has 3 N–H and O–H groups in total. The summed E-state index contributed by atoms with van der Waals surface area (Å²) in [5, 5.41) is 0.531. The van der Waals surface area contributed by atoms with Crippen molar-refractivity contribution in [2.45, 2.75) is 6.61 Å². The van der Waals surface area contributed by atoms with E-state index in [0.717, 1.165) is 5.56 Å². The summed E-state index contributed by atoms with van der Waals surface area (Å²) in [6.07, 6.45) is 0. The first kappa shape index (κ1) is 13.4. The lowest BCUT2D eigenvalue weighted by Crippen LogP contribution is -2.30. The lowest BCUT2D eigenvalue weighted by atomic mass is 10.1. The summed E-state index contributed by atoms with van der Waals surface area (Å²) >= 11 is 6.00. The number of nitrogen functional groups attached to an aromatic ring is 1. The molecule has 0 aliphatic heterocycles. The molecule has 2 rings (SSSR count). The molecule has 0 aromatic heterocycles. The van der Waals surface area contributed by atoms with Crippen molar-refractivity contribution in [3.63, 3.8) is 0 Å². The molecule has 4 nitrogen and oxygen atoms in total. The molecule has 19 heavy (non-hydrogen) atoms. The zero-order valence-corrected chi connectivity index (χ0v) is 10.9.